The largest absolute Gasteiger partial charge is 0.508 e. The molecule has 5 nitrogen and oxygen atoms in total. The van der Waals surface area contributed by atoms with Crippen LogP contribution in [0.1, 0.15) is 42.9 Å². The Morgan fingerprint density at radius 2 is 1.96 bits per heavy atom. The predicted octanol–water partition coefficient (Wildman–Crippen LogP) is 3.91. The van der Waals surface area contributed by atoms with E-state index in [1.54, 1.807) is 24.3 Å². The molecule has 0 amide bonds. The van der Waals surface area contributed by atoms with E-state index in [0.717, 1.165) is 29.7 Å². The first-order chi connectivity index (χ1) is 13.0. The number of allylic oxidation sites excluding steroid dienone is 2. The molecule has 0 saturated heterocycles. The minimum Gasteiger partial charge on any atom is -0.508 e. The highest BCUT2D eigenvalue weighted by atomic mass is 32.2. The van der Waals surface area contributed by atoms with E-state index in [2.05, 4.69) is 22.2 Å². The molecule has 3 atom stereocenters. The lowest BCUT2D eigenvalue weighted by molar-refractivity contribution is 0.424. The standard InChI is InChI=1S/C21H24N2O3S/c1-2-12-22-27(25,26)16-10-11-20-19(13-16)17-4-3-5-18(17)21(23-20)14-6-8-15(24)9-7-14/h3-4,6-11,13,17-18,21-24H,2,5,12H2,1H3. The van der Waals surface area contributed by atoms with E-state index in [-0.39, 0.29) is 17.7 Å². The molecule has 2 aromatic rings. The van der Waals surface area contributed by atoms with Gasteiger partial charge in [0.2, 0.25) is 10.0 Å². The number of hydrogen-bond donors (Lipinski definition) is 3. The first-order valence-corrected chi connectivity index (χ1v) is 10.8. The molecule has 142 valence electrons. The first kappa shape index (κ1) is 18.1. The zero-order valence-electron chi connectivity index (χ0n) is 15.2. The molecule has 0 spiro atoms. The van der Waals surface area contributed by atoms with Crippen molar-refractivity contribution in [1.29, 1.82) is 0 Å². The molecule has 0 fully saturated rings. The fraction of sp³-hybridized carbons (Fsp3) is 0.333. The molecule has 1 aliphatic heterocycles. The Kier molecular flexibility index (Phi) is 4.70. The number of nitrogens with one attached hydrogen (secondary N) is 2. The topological polar surface area (TPSA) is 78.4 Å². The number of phenols is 1. The third-order valence-corrected chi connectivity index (χ3v) is 6.90. The third-order valence-electron chi connectivity index (χ3n) is 5.44. The fourth-order valence-corrected chi connectivity index (χ4v) is 5.24. The first-order valence-electron chi connectivity index (χ1n) is 9.35. The van der Waals surface area contributed by atoms with Crippen molar-refractivity contribution < 1.29 is 13.5 Å². The molecule has 1 heterocycles. The highest BCUT2D eigenvalue weighted by molar-refractivity contribution is 7.89. The molecular formula is C21H24N2O3S. The number of sulfonamides is 1. The Hall–Kier alpha value is -2.31. The van der Waals surface area contributed by atoms with Crippen molar-refractivity contribution in [3.8, 4) is 5.75 Å². The van der Waals surface area contributed by atoms with Gasteiger partial charge in [-0.15, -0.1) is 0 Å². The highest BCUT2D eigenvalue weighted by Crippen LogP contribution is 2.50. The lowest BCUT2D eigenvalue weighted by Gasteiger charge is -2.37. The molecule has 1 aliphatic carbocycles. The Labute approximate surface area is 160 Å². The summed E-state index contributed by atoms with van der Waals surface area (Å²) >= 11 is 0. The molecule has 2 aromatic carbocycles. The second-order valence-corrected chi connectivity index (χ2v) is 8.98. The van der Waals surface area contributed by atoms with Crippen LogP contribution in [0.5, 0.6) is 5.75 Å². The number of hydrogen-bond acceptors (Lipinski definition) is 4. The van der Waals surface area contributed by atoms with E-state index in [0.29, 0.717) is 17.4 Å². The average molecular weight is 385 g/mol. The van der Waals surface area contributed by atoms with Crippen LogP contribution in [0.4, 0.5) is 5.69 Å². The maximum absolute atomic E-state index is 12.5. The van der Waals surface area contributed by atoms with Gasteiger partial charge in [0.15, 0.2) is 0 Å². The van der Waals surface area contributed by atoms with Crippen molar-refractivity contribution in [3.05, 3.63) is 65.7 Å². The van der Waals surface area contributed by atoms with Crippen LogP contribution in [-0.4, -0.2) is 20.1 Å². The number of benzene rings is 2. The molecule has 4 rings (SSSR count). The second-order valence-electron chi connectivity index (χ2n) is 7.21. The van der Waals surface area contributed by atoms with Crippen molar-refractivity contribution in [2.24, 2.45) is 5.92 Å². The summed E-state index contributed by atoms with van der Waals surface area (Å²) in [7, 11) is -3.48. The highest BCUT2D eigenvalue weighted by Gasteiger charge is 2.38. The summed E-state index contributed by atoms with van der Waals surface area (Å²) in [6, 6.07) is 12.8. The van der Waals surface area contributed by atoms with Gasteiger partial charge in [-0.2, -0.15) is 0 Å². The lowest BCUT2D eigenvalue weighted by Crippen LogP contribution is -2.30. The second kappa shape index (κ2) is 7.02. The van der Waals surface area contributed by atoms with Gasteiger partial charge in [0.05, 0.1) is 10.9 Å². The molecule has 0 aromatic heterocycles. The number of phenolic OH excluding ortho intramolecular Hbond substituents is 1. The Morgan fingerprint density at radius 1 is 1.19 bits per heavy atom. The van der Waals surface area contributed by atoms with E-state index in [1.807, 2.05) is 25.1 Å². The van der Waals surface area contributed by atoms with Crippen molar-refractivity contribution in [1.82, 2.24) is 4.72 Å². The fourth-order valence-electron chi connectivity index (χ4n) is 4.07. The molecule has 0 bridgehead atoms. The summed E-state index contributed by atoms with van der Waals surface area (Å²) in [5, 5.41) is 13.2. The number of anilines is 1. The quantitative estimate of drug-likeness (QED) is 0.683. The van der Waals surface area contributed by atoms with Crippen LogP contribution in [0, 0.1) is 5.92 Å². The predicted molar refractivity (Wildman–Crippen MR) is 106 cm³/mol. The molecule has 3 N–H and O–H groups in total. The van der Waals surface area contributed by atoms with Crippen molar-refractivity contribution in [2.45, 2.75) is 36.6 Å². The van der Waals surface area contributed by atoms with E-state index >= 15 is 0 Å². The normalized spacial score (nSPS) is 23.5. The molecule has 27 heavy (non-hydrogen) atoms. The summed E-state index contributed by atoms with van der Waals surface area (Å²) in [6.45, 7) is 2.38. The molecule has 0 radical (unpaired) electrons. The van der Waals surface area contributed by atoms with Crippen LogP contribution in [0.2, 0.25) is 0 Å². The monoisotopic (exact) mass is 384 g/mol. The molecular weight excluding hydrogens is 360 g/mol. The van der Waals surface area contributed by atoms with Gasteiger partial charge >= 0.3 is 0 Å². The van der Waals surface area contributed by atoms with Crippen LogP contribution in [0.25, 0.3) is 0 Å². The minimum atomic E-state index is -3.48. The Balaban J connectivity index is 1.70. The third kappa shape index (κ3) is 3.35. The number of aromatic hydroxyl groups is 1. The molecule has 2 aliphatic rings. The molecule has 6 heteroatoms. The summed E-state index contributed by atoms with van der Waals surface area (Å²) in [5.74, 6) is 0.760. The van der Waals surface area contributed by atoms with Gasteiger partial charge in [0.1, 0.15) is 5.75 Å². The van der Waals surface area contributed by atoms with Crippen molar-refractivity contribution in [2.75, 3.05) is 11.9 Å². The van der Waals surface area contributed by atoms with E-state index in [9.17, 15) is 13.5 Å². The van der Waals surface area contributed by atoms with Gasteiger partial charge in [0.25, 0.3) is 0 Å². The van der Waals surface area contributed by atoms with Gasteiger partial charge in [-0.05, 0) is 60.2 Å². The van der Waals surface area contributed by atoms with E-state index in [4.69, 9.17) is 0 Å². The van der Waals surface area contributed by atoms with Gasteiger partial charge in [-0.25, -0.2) is 13.1 Å². The summed E-state index contributed by atoms with van der Waals surface area (Å²) in [5.41, 5.74) is 3.12. The van der Waals surface area contributed by atoms with Crippen LogP contribution >= 0.6 is 0 Å². The van der Waals surface area contributed by atoms with Gasteiger partial charge in [-0.1, -0.05) is 31.2 Å². The summed E-state index contributed by atoms with van der Waals surface area (Å²) < 4.78 is 27.7. The molecule has 3 unspecified atom stereocenters. The molecule has 0 saturated carbocycles. The van der Waals surface area contributed by atoms with E-state index in [1.165, 1.54) is 0 Å². The van der Waals surface area contributed by atoms with Gasteiger partial charge in [0, 0.05) is 18.2 Å². The summed E-state index contributed by atoms with van der Waals surface area (Å²) in [6.07, 6.45) is 6.06. The Morgan fingerprint density at radius 3 is 2.70 bits per heavy atom. The number of rotatable bonds is 5. The van der Waals surface area contributed by atoms with Gasteiger partial charge in [-0.3, -0.25) is 0 Å². The zero-order chi connectivity index (χ0) is 19.0. The summed E-state index contributed by atoms with van der Waals surface area (Å²) in [4.78, 5) is 0.318. The van der Waals surface area contributed by atoms with E-state index < -0.39 is 10.0 Å². The van der Waals surface area contributed by atoms with Crippen LogP contribution in [0.3, 0.4) is 0 Å². The Bertz CT molecular complexity index is 967. The SMILES string of the molecule is CCCNS(=O)(=O)c1ccc2c(c1)C1C=CCC1C(c1ccc(O)cc1)N2. The van der Waals surface area contributed by atoms with Crippen LogP contribution in [0.15, 0.2) is 59.5 Å². The number of fused-ring (bicyclic) bond motifs is 3. The van der Waals surface area contributed by atoms with Crippen molar-refractivity contribution in [3.63, 3.8) is 0 Å². The zero-order valence-corrected chi connectivity index (χ0v) is 16.0. The van der Waals surface area contributed by atoms with Crippen LogP contribution in [-0.2, 0) is 10.0 Å². The average Bonchev–Trinajstić information content (AvgIpc) is 3.16. The maximum atomic E-state index is 12.5. The lowest BCUT2D eigenvalue weighted by atomic mass is 9.77. The smallest absolute Gasteiger partial charge is 0.240 e. The van der Waals surface area contributed by atoms with Crippen molar-refractivity contribution >= 4 is 15.7 Å². The minimum absolute atomic E-state index is 0.124. The van der Waals surface area contributed by atoms with Crippen LogP contribution < -0.4 is 10.0 Å². The van der Waals surface area contributed by atoms with Gasteiger partial charge < -0.3 is 10.4 Å². The maximum Gasteiger partial charge on any atom is 0.240 e.